The van der Waals surface area contributed by atoms with Gasteiger partial charge in [-0.15, -0.1) is 0 Å². The molecule has 2 saturated heterocycles. The summed E-state index contributed by atoms with van der Waals surface area (Å²) in [4.78, 5) is 2.55. The van der Waals surface area contributed by atoms with Crippen LogP contribution in [-0.2, 0) is 19.9 Å². The molecule has 0 saturated carbocycles. The quantitative estimate of drug-likeness (QED) is 0.899. The van der Waals surface area contributed by atoms with Gasteiger partial charge in [-0.2, -0.15) is 5.10 Å². The van der Waals surface area contributed by atoms with Crippen LogP contribution in [-0.4, -0.2) is 44.5 Å². The van der Waals surface area contributed by atoms with Crippen LogP contribution in [0.2, 0.25) is 0 Å². The standard InChI is InChI=1S/C15H25N3O/c1-3-12-9-14(17(2)16-12)11-15(19)6-8-18-7-4-5-13(18)10-15/h9,13,19H,3-8,10-11H2,1-2H3. The van der Waals surface area contributed by atoms with Crippen molar-refractivity contribution in [3.8, 4) is 0 Å². The minimum Gasteiger partial charge on any atom is -0.389 e. The van der Waals surface area contributed by atoms with Crippen LogP contribution in [0, 0.1) is 0 Å². The Bertz CT molecular complexity index is 456. The second-order valence-electron chi connectivity index (χ2n) is 6.29. The van der Waals surface area contributed by atoms with E-state index < -0.39 is 5.60 Å². The van der Waals surface area contributed by atoms with Crippen LogP contribution in [0.1, 0.15) is 44.0 Å². The molecule has 19 heavy (non-hydrogen) atoms. The van der Waals surface area contributed by atoms with E-state index in [1.54, 1.807) is 0 Å². The molecule has 0 amide bonds. The van der Waals surface area contributed by atoms with Gasteiger partial charge in [-0.3, -0.25) is 4.68 Å². The van der Waals surface area contributed by atoms with Crippen molar-refractivity contribution in [1.29, 1.82) is 0 Å². The van der Waals surface area contributed by atoms with Gasteiger partial charge in [0.25, 0.3) is 0 Å². The number of aliphatic hydroxyl groups is 1. The third kappa shape index (κ3) is 2.56. The lowest BCUT2D eigenvalue weighted by molar-refractivity contribution is -0.0365. The van der Waals surface area contributed by atoms with Crippen molar-refractivity contribution in [1.82, 2.24) is 14.7 Å². The van der Waals surface area contributed by atoms with Gasteiger partial charge in [0.15, 0.2) is 0 Å². The molecule has 1 aromatic heterocycles. The molecule has 3 heterocycles. The van der Waals surface area contributed by atoms with Crippen LogP contribution in [0.25, 0.3) is 0 Å². The van der Waals surface area contributed by atoms with Gasteiger partial charge in [-0.25, -0.2) is 0 Å². The zero-order valence-corrected chi connectivity index (χ0v) is 12.1. The van der Waals surface area contributed by atoms with Crippen LogP contribution in [0.15, 0.2) is 6.07 Å². The van der Waals surface area contributed by atoms with E-state index >= 15 is 0 Å². The molecule has 2 aliphatic rings. The van der Waals surface area contributed by atoms with E-state index in [4.69, 9.17) is 0 Å². The SMILES string of the molecule is CCc1cc(CC2(O)CCN3CCCC3C2)n(C)n1. The molecule has 0 spiro atoms. The Morgan fingerprint density at radius 2 is 2.32 bits per heavy atom. The van der Waals surface area contributed by atoms with Crippen molar-refractivity contribution in [2.24, 2.45) is 7.05 Å². The predicted octanol–water partition coefficient (Wildman–Crippen LogP) is 1.51. The van der Waals surface area contributed by atoms with Gasteiger partial charge in [0, 0.05) is 31.7 Å². The molecule has 2 aliphatic heterocycles. The molecule has 4 heteroatoms. The molecule has 0 radical (unpaired) electrons. The average Bonchev–Trinajstić information content (AvgIpc) is 2.95. The molecular weight excluding hydrogens is 238 g/mol. The number of aryl methyl sites for hydroxylation is 2. The molecule has 1 N–H and O–H groups in total. The van der Waals surface area contributed by atoms with Gasteiger partial charge in [0.05, 0.1) is 11.3 Å². The van der Waals surface area contributed by atoms with Crippen LogP contribution in [0.3, 0.4) is 0 Å². The Morgan fingerprint density at radius 1 is 1.47 bits per heavy atom. The van der Waals surface area contributed by atoms with E-state index in [1.165, 1.54) is 25.1 Å². The molecule has 2 fully saturated rings. The van der Waals surface area contributed by atoms with E-state index in [0.29, 0.717) is 6.04 Å². The van der Waals surface area contributed by atoms with Crippen LogP contribution in [0.4, 0.5) is 0 Å². The number of fused-ring (bicyclic) bond motifs is 1. The Morgan fingerprint density at radius 3 is 3.05 bits per heavy atom. The monoisotopic (exact) mass is 263 g/mol. The number of hydrogen-bond acceptors (Lipinski definition) is 3. The van der Waals surface area contributed by atoms with Crippen LogP contribution < -0.4 is 0 Å². The van der Waals surface area contributed by atoms with Crippen molar-refractivity contribution in [2.45, 2.75) is 57.1 Å². The fourth-order valence-electron chi connectivity index (χ4n) is 3.72. The zero-order valence-electron chi connectivity index (χ0n) is 12.1. The molecule has 2 atom stereocenters. The second kappa shape index (κ2) is 4.91. The number of rotatable bonds is 3. The molecule has 0 aromatic carbocycles. The van der Waals surface area contributed by atoms with E-state index in [2.05, 4.69) is 23.0 Å². The highest BCUT2D eigenvalue weighted by Crippen LogP contribution is 2.35. The fraction of sp³-hybridized carbons (Fsp3) is 0.800. The Hall–Kier alpha value is -0.870. The fourth-order valence-corrected chi connectivity index (χ4v) is 3.72. The van der Waals surface area contributed by atoms with E-state index in [1.807, 2.05) is 11.7 Å². The van der Waals surface area contributed by atoms with Gasteiger partial charge in [-0.1, -0.05) is 6.92 Å². The lowest BCUT2D eigenvalue weighted by atomic mass is 9.83. The van der Waals surface area contributed by atoms with Crippen LogP contribution >= 0.6 is 0 Å². The lowest BCUT2D eigenvalue weighted by Crippen LogP contribution is -2.49. The van der Waals surface area contributed by atoms with Gasteiger partial charge in [0.2, 0.25) is 0 Å². The van der Waals surface area contributed by atoms with E-state index in [9.17, 15) is 5.11 Å². The van der Waals surface area contributed by atoms with Gasteiger partial charge < -0.3 is 10.0 Å². The minimum absolute atomic E-state index is 0.524. The molecule has 3 rings (SSSR count). The average molecular weight is 263 g/mol. The summed E-state index contributed by atoms with van der Waals surface area (Å²) in [7, 11) is 1.99. The third-order valence-electron chi connectivity index (χ3n) is 4.88. The minimum atomic E-state index is -0.524. The summed E-state index contributed by atoms with van der Waals surface area (Å²) in [5.41, 5.74) is 1.77. The zero-order chi connectivity index (χ0) is 13.5. The maximum Gasteiger partial charge on any atom is 0.0729 e. The van der Waals surface area contributed by atoms with Crippen molar-refractivity contribution in [2.75, 3.05) is 13.1 Å². The van der Waals surface area contributed by atoms with Crippen molar-refractivity contribution in [3.05, 3.63) is 17.5 Å². The first-order chi connectivity index (χ1) is 9.09. The van der Waals surface area contributed by atoms with Crippen molar-refractivity contribution in [3.63, 3.8) is 0 Å². The Balaban J connectivity index is 1.72. The Labute approximate surface area is 115 Å². The molecule has 2 unspecified atom stereocenters. The maximum absolute atomic E-state index is 10.9. The molecule has 1 aromatic rings. The summed E-state index contributed by atoms with van der Waals surface area (Å²) in [6.07, 6.45) is 6.10. The Kier molecular flexibility index (Phi) is 3.39. The van der Waals surface area contributed by atoms with Crippen LogP contribution in [0.5, 0.6) is 0 Å². The first-order valence-corrected chi connectivity index (χ1v) is 7.58. The topological polar surface area (TPSA) is 41.3 Å². The summed E-state index contributed by atoms with van der Waals surface area (Å²) in [5.74, 6) is 0. The smallest absolute Gasteiger partial charge is 0.0729 e. The number of nitrogens with zero attached hydrogens (tertiary/aromatic N) is 3. The first-order valence-electron chi connectivity index (χ1n) is 7.58. The highest BCUT2D eigenvalue weighted by molar-refractivity contribution is 5.14. The summed E-state index contributed by atoms with van der Waals surface area (Å²) >= 11 is 0. The highest BCUT2D eigenvalue weighted by atomic mass is 16.3. The summed E-state index contributed by atoms with van der Waals surface area (Å²) in [5, 5.41) is 15.4. The summed E-state index contributed by atoms with van der Waals surface area (Å²) in [6.45, 7) is 4.41. The summed E-state index contributed by atoms with van der Waals surface area (Å²) in [6, 6.07) is 2.76. The molecule has 4 nitrogen and oxygen atoms in total. The maximum atomic E-state index is 10.9. The summed E-state index contributed by atoms with van der Waals surface area (Å²) < 4.78 is 1.94. The molecule has 0 bridgehead atoms. The normalized spacial score (nSPS) is 31.6. The molecule has 0 aliphatic carbocycles. The lowest BCUT2D eigenvalue weighted by Gasteiger charge is -2.40. The van der Waals surface area contributed by atoms with Gasteiger partial charge in [-0.05, 0) is 44.7 Å². The third-order valence-corrected chi connectivity index (χ3v) is 4.88. The predicted molar refractivity (Wildman–Crippen MR) is 75.1 cm³/mol. The molecule has 106 valence electrons. The van der Waals surface area contributed by atoms with Crippen molar-refractivity contribution < 1.29 is 5.11 Å². The van der Waals surface area contributed by atoms with Crippen molar-refractivity contribution >= 4 is 0 Å². The second-order valence-corrected chi connectivity index (χ2v) is 6.29. The van der Waals surface area contributed by atoms with Gasteiger partial charge in [0.1, 0.15) is 0 Å². The first kappa shape index (κ1) is 13.1. The number of piperidine rings is 1. The van der Waals surface area contributed by atoms with Gasteiger partial charge >= 0.3 is 0 Å². The highest BCUT2D eigenvalue weighted by Gasteiger charge is 2.40. The molecular formula is C15H25N3O. The van der Waals surface area contributed by atoms with E-state index in [0.717, 1.165) is 37.9 Å². The largest absolute Gasteiger partial charge is 0.389 e. The number of hydrogen-bond donors (Lipinski definition) is 1. The number of aromatic nitrogens is 2. The van der Waals surface area contributed by atoms with E-state index in [-0.39, 0.29) is 0 Å².